The summed E-state index contributed by atoms with van der Waals surface area (Å²) in [6.07, 6.45) is 5.73. The van der Waals surface area contributed by atoms with Gasteiger partial charge < -0.3 is 29.2 Å². The predicted molar refractivity (Wildman–Crippen MR) is 149 cm³/mol. The molecule has 1 amide bonds. The number of likely N-dealkylation sites (tertiary alicyclic amines) is 1. The van der Waals surface area contributed by atoms with E-state index in [1.165, 1.54) is 0 Å². The van der Waals surface area contributed by atoms with Gasteiger partial charge >= 0.3 is 0 Å². The van der Waals surface area contributed by atoms with Gasteiger partial charge in [-0.1, -0.05) is 12.1 Å². The highest BCUT2D eigenvalue weighted by molar-refractivity contribution is 5.96. The third-order valence-corrected chi connectivity index (χ3v) is 6.94. The number of methoxy groups -OCH3 is 4. The van der Waals surface area contributed by atoms with Gasteiger partial charge in [0.05, 0.1) is 44.4 Å². The number of ether oxygens (including phenoxy) is 4. The molecule has 1 N–H and O–H groups in total. The highest BCUT2D eigenvalue weighted by atomic mass is 16.5. The number of hydrogen-bond acceptors (Lipinski definition) is 8. The van der Waals surface area contributed by atoms with Crippen molar-refractivity contribution in [2.24, 2.45) is 0 Å². The SMILES string of the molecule is COCC(Cn1cc(-c2ccc3cnc(Nc4ccc(C(=O)N5CC(OC)C5)cc4OC)cc3c2)cn1)OC. The van der Waals surface area contributed by atoms with Crippen LogP contribution in [0.3, 0.4) is 0 Å². The van der Waals surface area contributed by atoms with Crippen molar-refractivity contribution in [1.29, 1.82) is 0 Å². The number of pyridine rings is 1. The van der Waals surface area contributed by atoms with Gasteiger partial charge in [-0.2, -0.15) is 5.10 Å². The first-order valence-electron chi connectivity index (χ1n) is 12.7. The topological polar surface area (TPSA) is 100.0 Å². The normalized spacial score (nSPS) is 14.3. The number of hydrogen-bond donors (Lipinski definition) is 1. The summed E-state index contributed by atoms with van der Waals surface area (Å²) >= 11 is 0. The van der Waals surface area contributed by atoms with Crippen molar-refractivity contribution in [1.82, 2.24) is 19.7 Å². The van der Waals surface area contributed by atoms with Crippen LogP contribution in [0.15, 0.2) is 61.1 Å². The minimum atomic E-state index is -0.0676. The van der Waals surface area contributed by atoms with Crippen LogP contribution in [0.1, 0.15) is 10.4 Å². The molecular formula is C29H33N5O5. The Morgan fingerprint density at radius 3 is 2.62 bits per heavy atom. The van der Waals surface area contributed by atoms with Crippen molar-refractivity contribution in [2.45, 2.75) is 18.8 Å². The summed E-state index contributed by atoms with van der Waals surface area (Å²) in [7, 11) is 6.58. The van der Waals surface area contributed by atoms with E-state index in [2.05, 4.69) is 27.5 Å². The van der Waals surface area contributed by atoms with E-state index in [0.717, 1.165) is 27.6 Å². The van der Waals surface area contributed by atoms with Crippen molar-refractivity contribution in [2.75, 3.05) is 53.5 Å². The lowest BCUT2D eigenvalue weighted by Crippen LogP contribution is -2.54. The van der Waals surface area contributed by atoms with Gasteiger partial charge in [0.25, 0.3) is 5.91 Å². The number of carbonyl (C=O) groups excluding carboxylic acids is 1. The Morgan fingerprint density at radius 1 is 1.03 bits per heavy atom. The molecule has 3 heterocycles. The first-order valence-corrected chi connectivity index (χ1v) is 12.7. The van der Waals surface area contributed by atoms with Crippen molar-refractivity contribution in [3.63, 3.8) is 0 Å². The molecule has 1 fully saturated rings. The molecule has 10 nitrogen and oxygen atoms in total. The molecule has 2 aromatic heterocycles. The zero-order chi connectivity index (χ0) is 27.4. The van der Waals surface area contributed by atoms with E-state index in [-0.39, 0.29) is 18.1 Å². The fourth-order valence-corrected chi connectivity index (χ4v) is 4.59. The number of amides is 1. The fraction of sp³-hybridized carbons (Fsp3) is 0.345. The predicted octanol–water partition coefficient (Wildman–Crippen LogP) is 3.98. The number of anilines is 2. The van der Waals surface area contributed by atoms with E-state index in [1.54, 1.807) is 45.5 Å². The van der Waals surface area contributed by atoms with Gasteiger partial charge in [-0.25, -0.2) is 4.98 Å². The summed E-state index contributed by atoms with van der Waals surface area (Å²) in [5.41, 5.74) is 3.35. The fourth-order valence-electron chi connectivity index (χ4n) is 4.59. The molecule has 0 aliphatic carbocycles. The molecule has 4 aromatic rings. The number of rotatable bonds is 11. The van der Waals surface area contributed by atoms with E-state index in [0.29, 0.717) is 43.4 Å². The molecule has 1 aliphatic rings. The van der Waals surface area contributed by atoms with Crippen molar-refractivity contribution in [3.8, 4) is 16.9 Å². The Labute approximate surface area is 227 Å². The maximum absolute atomic E-state index is 12.8. The summed E-state index contributed by atoms with van der Waals surface area (Å²) < 4.78 is 23.4. The molecule has 204 valence electrons. The summed E-state index contributed by atoms with van der Waals surface area (Å²) in [5.74, 6) is 1.20. The Morgan fingerprint density at radius 2 is 1.87 bits per heavy atom. The first kappa shape index (κ1) is 26.6. The van der Waals surface area contributed by atoms with Crippen LogP contribution >= 0.6 is 0 Å². The molecule has 1 unspecified atom stereocenters. The van der Waals surface area contributed by atoms with Crippen molar-refractivity contribution in [3.05, 3.63) is 66.6 Å². The van der Waals surface area contributed by atoms with E-state index in [4.69, 9.17) is 18.9 Å². The maximum Gasteiger partial charge on any atom is 0.254 e. The van der Waals surface area contributed by atoms with Gasteiger partial charge in [0, 0.05) is 63.3 Å². The van der Waals surface area contributed by atoms with Crippen LogP contribution in [0.5, 0.6) is 5.75 Å². The molecule has 2 aromatic carbocycles. The largest absolute Gasteiger partial charge is 0.495 e. The third kappa shape index (κ3) is 5.88. The van der Waals surface area contributed by atoms with Gasteiger partial charge in [-0.15, -0.1) is 0 Å². The lowest BCUT2D eigenvalue weighted by atomic mass is 10.0. The van der Waals surface area contributed by atoms with E-state index in [1.807, 2.05) is 41.5 Å². The molecule has 0 bridgehead atoms. The molecule has 1 saturated heterocycles. The zero-order valence-electron chi connectivity index (χ0n) is 22.6. The van der Waals surface area contributed by atoms with E-state index in [9.17, 15) is 4.79 Å². The average Bonchev–Trinajstić information content (AvgIpc) is 3.40. The van der Waals surface area contributed by atoms with Crippen molar-refractivity contribution >= 4 is 28.2 Å². The molecule has 0 spiro atoms. The smallest absolute Gasteiger partial charge is 0.254 e. The number of carbonyl (C=O) groups is 1. The Balaban J connectivity index is 1.33. The molecular weight excluding hydrogens is 498 g/mol. The zero-order valence-corrected chi connectivity index (χ0v) is 22.6. The maximum atomic E-state index is 12.8. The standard InChI is InChI=1S/C29H33N5O5/c1-36-18-25(38-3)17-34-14-23(13-31-34)19-5-6-21-12-30-28(11-22(21)9-19)32-26-8-7-20(10-27(26)39-4)29(35)33-15-24(16-33)37-2/h5-14,24-25H,15-18H2,1-4H3,(H,30,32). The molecule has 1 aliphatic heterocycles. The minimum Gasteiger partial charge on any atom is -0.495 e. The van der Waals surface area contributed by atoms with Gasteiger partial charge in [0.2, 0.25) is 0 Å². The molecule has 0 saturated carbocycles. The summed E-state index contributed by atoms with van der Waals surface area (Å²) in [6.45, 7) is 2.31. The van der Waals surface area contributed by atoms with Crippen LogP contribution in [-0.2, 0) is 20.8 Å². The van der Waals surface area contributed by atoms with Gasteiger partial charge in [0.1, 0.15) is 11.6 Å². The lowest BCUT2D eigenvalue weighted by molar-refractivity contribution is -0.0192. The van der Waals surface area contributed by atoms with E-state index >= 15 is 0 Å². The molecule has 5 rings (SSSR count). The molecule has 39 heavy (non-hydrogen) atoms. The van der Waals surface area contributed by atoms with Crippen LogP contribution in [-0.4, -0.2) is 85.9 Å². The molecule has 0 radical (unpaired) electrons. The summed E-state index contributed by atoms with van der Waals surface area (Å²) in [4.78, 5) is 19.1. The van der Waals surface area contributed by atoms with Crippen LogP contribution in [0.25, 0.3) is 21.9 Å². The Hall–Kier alpha value is -3.99. The van der Waals surface area contributed by atoms with Crippen LogP contribution in [0.2, 0.25) is 0 Å². The highest BCUT2D eigenvalue weighted by Crippen LogP contribution is 2.31. The van der Waals surface area contributed by atoms with Crippen LogP contribution in [0.4, 0.5) is 11.5 Å². The third-order valence-electron chi connectivity index (χ3n) is 6.94. The highest BCUT2D eigenvalue weighted by Gasteiger charge is 2.31. The number of fused-ring (bicyclic) bond motifs is 1. The monoisotopic (exact) mass is 531 g/mol. The van der Waals surface area contributed by atoms with Gasteiger partial charge in [-0.05, 0) is 41.3 Å². The number of nitrogens with one attached hydrogen (secondary N) is 1. The van der Waals surface area contributed by atoms with Crippen LogP contribution in [0, 0.1) is 0 Å². The quantitative estimate of drug-likeness (QED) is 0.310. The average molecular weight is 532 g/mol. The van der Waals surface area contributed by atoms with Gasteiger partial charge in [-0.3, -0.25) is 9.48 Å². The summed E-state index contributed by atoms with van der Waals surface area (Å²) in [5, 5.41) is 9.88. The second-order valence-electron chi connectivity index (χ2n) is 9.50. The molecule has 1 atom stereocenters. The number of aromatic nitrogens is 3. The lowest BCUT2D eigenvalue weighted by Gasteiger charge is -2.38. The summed E-state index contributed by atoms with van der Waals surface area (Å²) in [6, 6.07) is 13.6. The van der Waals surface area contributed by atoms with Gasteiger partial charge in [0.15, 0.2) is 0 Å². The minimum absolute atomic E-state index is 0.0377. The molecule has 10 heteroatoms. The van der Waals surface area contributed by atoms with E-state index < -0.39 is 0 Å². The first-order chi connectivity index (χ1) is 19.0. The Bertz CT molecular complexity index is 1450. The number of nitrogens with zero attached hydrogens (tertiary/aromatic N) is 4. The second-order valence-corrected chi connectivity index (χ2v) is 9.50. The van der Waals surface area contributed by atoms with Crippen molar-refractivity contribution < 1.29 is 23.7 Å². The van der Waals surface area contributed by atoms with Crippen LogP contribution < -0.4 is 10.1 Å². The Kier molecular flexibility index (Phi) is 8.06. The second kappa shape index (κ2) is 11.8. The number of benzene rings is 2.